The van der Waals surface area contributed by atoms with Gasteiger partial charge in [0.1, 0.15) is 0 Å². The van der Waals surface area contributed by atoms with Crippen molar-refractivity contribution in [2.75, 3.05) is 14.2 Å². The lowest BCUT2D eigenvalue weighted by atomic mass is 10.1. The Morgan fingerprint density at radius 1 is 1.28 bits per heavy atom. The molecule has 0 aliphatic heterocycles. The molecule has 0 aliphatic carbocycles. The third-order valence-electron chi connectivity index (χ3n) is 2.68. The van der Waals surface area contributed by atoms with E-state index in [1.165, 1.54) is 14.2 Å². The third-order valence-corrected chi connectivity index (χ3v) is 2.68. The lowest BCUT2D eigenvalue weighted by molar-refractivity contribution is -0.117. The number of nitrogens with one attached hydrogen (secondary N) is 1. The second-order valence-electron chi connectivity index (χ2n) is 4.00. The molecule has 1 unspecified atom stereocenters. The Hall–Kier alpha value is -1.43. The van der Waals surface area contributed by atoms with E-state index < -0.39 is 6.29 Å². The number of hydrogen-bond donors (Lipinski definition) is 2. The SMILES string of the molecule is COC(OC)C(C)NC(=O)c1ccc(CN)cc1. The van der Waals surface area contributed by atoms with Gasteiger partial charge in [-0.05, 0) is 24.6 Å². The van der Waals surface area contributed by atoms with Crippen LogP contribution < -0.4 is 11.1 Å². The maximum absolute atomic E-state index is 11.9. The van der Waals surface area contributed by atoms with Gasteiger partial charge in [-0.2, -0.15) is 0 Å². The van der Waals surface area contributed by atoms with Crippen molar-refractivity contribution >= 4 is 5.91 Å². The first-order chi connectivity index (χ1) is 8.62. The second-order valence-corrected chi connectivity index (χ2v) is 4.00. The highest BCUT2D eigenvalue weighted by molar-refractivity contribution is 5.94. The molecule has 1 aromatic carbocycles. The molecule has 0 heterocycles. The summed E-state index contributed by atoms with van der Waals surface area (Å²) in [6, 6.07) is 6.94. The molecule has 0 fully saturated rings. The number of ether oxygens (including phenoxy) is 2. The van der Waals surface area contributed by atoms with Crippen molar-refractivity contribution in [3.63, 3.8) is 0 Å². The quantitative estimate of drug-likeness (QED) is 0.737. The van der Waals surface area contributed by atoms with Crippen LogP contribution in [0.25, 0.3) is 0 Å². The average molecular weight is 252 g/mol. The van der Waals surface area contributed by atoms with Gasteiger partial charge in [-0.25, -0.2) is 0 Å². The van der Waals surface area contributed by atoms with E-state index in [4.69, 9.17) is 15.2 Å². The van der Waals surface area contributed by atoms with E-state index in [2.05, 4.69) is 5.32 Å². The molecule has 1 rings (SSSR count). The van der Waals surface area contributed by atoms with Crippen LogP contribution in [0.1, 0.15) is 22.8 Å². The lowest BCUT2D eigenvalue weighted by Crippen LogP contribution is -2.42. The Morgan fingerprint density at radius 3 is 2.28 bits per heavy atom. The van der Waals surface area contributed by atoms with E-state index in [0.717, 1.165) is 5.56 Å². The van der Waals surface area contributed by atoms with Crippen LogP contribution in [0.2, 0.25) is 0 Å². The largest absolute Gasteiger partial charge is 0.354 e. The highest BCUT2D eigenvalue weighted by atomic mass is 16.7. The average Bonchev–Trinajstić information content (AvgIpc) is 2.40. The van der Waals surface area contributed by atoms with E-state index in [9.17, 15) is 4.79 Å². The summed E-state index contributed by atoms with van der Waals surface area (Å²) in [7, 11) is 3.07. The van der Waals surface area contributed by atoms with Crippen molar-refractivity contribution < 1.29 is 14.3 Å². The zero-order chi connectivity index (χ0) is 13.5. The van der Waals surface area contributed by atoms with Crippen molar-refractivity contribution in [2.45, 2.75) is 25.8 Å². The minimum atomic E-state index is -0.461. The molecular formula is C13H20N2O3. The van der Waals surface area contributed by atoms with Crippen LogP contribution >= 0.6 is 0 Å². The molecule has 0 aromatic heterocycles. The number of amides is 1. The maximum Gasteiger partial charge on any atom is 0.251 e. The van der Waals surface area contributed by atoms with Crippen LogP contribution in [0.4, 0.5) is 0 Å². The van der Waals surface area contributed by atoms with Crippen LogP contribution in [-0.2, 0) is 16.0 Å². The number of carbonyl (C=O) groups is 1. The molecule has 1 atom stereocenters. The molecule has 1 aromatic rings. The van der Waals surface area contributed by atoms with Gasteiger partial charge in [-0.15, -0.1) is 0 Å². The van der Waals surface area contributed by atoms with Gasteiger partial charge in [0, 0.05) is 26.3 Å². The lowest BCUT2D eigenvalue weighted by Gasteiger charge is -2.22. The van der Waals surface area contributed by atoms with E-state index in [1.807, 2.05) is 19.1 Å². The monoisotopic (exact) mass is 252 g/mol. The molecule has 3 N–H and O–H groups in total. The Morgan fingerprint density at radius 2 is 1.83 bits per heavy atom. The summed E-state index contributed by atoms with van der Waals surface area (Å²) < 4.78 is 10.2. The number of hydrogen-bond acceptors (Lipinski definition) is 4. The number of benzene rings is 1. The van der Waals surface area contributed by atoms with Crippen LogP contribution in [0.5, 0.6) is 0 Å². The molecule has 0 saturated heterocycles. The summed E-state index contributed by atoms with van der Waals surface area (Å²) in [6.45, 7) is 2.29. The summed E-state index contributed by atoms with van der Waals surface area (Å²) in [4.78, 5) is 11.9. The van der Waals surface area contributed by atoms with E-state index in [-0.39, 0.29) is 11.9 Å². The Kier molecular flexibility index (Phi) is 5.77. The molecular weight excluding hydrogens is 232 g/mol. The third kappa shape index (κ3) is 3.80. The van der Waals surface area contributed by atoms with Gasteiger partial charge in [-0.1, -0.05) is 12.1 Å². The van der Waals surface area contributed by atoms with Crippen LogP contribution in [0.15, 0.2) is 24.3 Å². The molecule has 100 valence electrons. The maximum atomic E-state index is 11.9. The summed E-state index contributed by atoms with van der Waals surface area (Å²) in [5.74, 6) is -0.162. The van der Waals surface area contributed by atoms with Gasteiger partial charge < -0.3 is 20.5 Å². The topological polar surface area (TPSA) is 73.6 Å². The molecule has 0 bridgehead atoms. The standard InChI is InChI=1S/C13H20N2O3/c1-9(13(17-2)18-3)15-12(16)11-6-4-10(8-14)5-7-11/h4-7,9,13H,8,14H2,1-3H3,(H,15,16). The molecule has 1 amide bonds. The van der Waals surface area contributed by atoms with Crippen molar-refractivity contribution in [2.24, 2.45) is 5.73 Å². The Balaban J connectivity index is 2.64. The number of methoxy groups -OCH3 is 2. The molecule has 0 saturated carbocycles. The highest BCUT2D eigenvalue weighted by Gasteiger charge is 2.18. The van der Waals surface area contributed by atoms with Crippen molar-refractivity contribution in [1.29, 1.82) is 0 Å². The normalized spacial score (nSPS) is 12.5. The molecule has 5 heteroatoms. The fourth-order valence-electron chi connectivity index (χ4n) is 1.65. The second kappa shape index (κ2) is 7.10. The van der Waals surface area contributed by atoms with E-state index in [0.29, 0.717) is 12.1 Å². The summed E-state index contributed by atoms with van der Waals surface area (Å²) >= 11 is 0. The van der Waals surface area contributed by atoms with Crippen LogP contribution in [0.3, 0.4) is 0 Å². The van der Waals surface area contributed by atoms with Crippen LogP contribution in [0, 0.1) is 0 Å². The Bertz CT molecular complexity index is 374. The minimum Gasteiger partial charge on any atom is -0.354 e. The molecule has 0 spiro atoms. The molecule has 0 aliphatic rings. The van der Waals surface area contributed by atoms with Gasteiger partial charge in [0.05, 0.1) is 6.04 Å². The predicted molar refractivity (Wildman–Crippen MR) is 69.1 cm³/mol. The van der Waals surface area contributed by atoms with Gasteiger partial charge in [0.25, 0.3) is 5.91 Å². The Labute approximate surface area is 107 Å². The van der Waals surface area contributed by atoms with E-state index in [1.54, 1.807) is 12.1 Å². The fourth-order valence-corrected chi connectivity index (χ4v) is 1.65. The minimum absolute atomic E-state index is 0.162. The zero-order valence-corrected chi connectivity index (χ0v) is 11.0. The first-order valence-electron chi connectivity index (χ1n) is 5.77. The molecule has 0 radical (unpaired) electrons. The summed E-state index contributed by atoms with van der Waals surface area (Å²) in [5, 5.41) is 2.82. The predicted octanol–water partition coefficient (Wildman–Crippen LogP) is 0.883. The highest BCUT2D eigenvalue weighted by Crippen LogP contribution is 2.05. The number of carbonyl (C=O) groups excluding carboxylic acids is 1. The summed E-state index contributed by atoms with van der Waals surface area (Å²) in [5.41, 5.74) is 7.08. The molecule has 18 heavy (non-hydrogen) atoms. The fraction of sp³-hybridized carbons (Fsp3) is 0.462. The first-order valence-corrected chi connectivity index (χ1v) is 5.77. The van der Waals surface area contributed by atoms with Crippen LogP contribution in [-0.4, -0.2) is 32.5 Å². The number of nitrogens with two attached hydrogens (primary N) is 1. The van der Waals surface area contributed by atoms with Gasteiger partial charge >= 0.3 is 0 Å². The van der Waals surface area contributed by atoms with Gasteiger partial charge in [-0.3, -0.25) is 4.79 Å². The summed E-state index contributed by atoms with van der Waals surface area (Å²) in [6.07, 6.45) is -0.461. The van der Waals surface area contributed by atoms with Gasteiger partial charge in [0.2, 0.25) is 0 Å². The van der Waals surface area contributed by atoms with Crippen molar-refractivity contribution in [1.82, 2.24) is 5.32 Å². The van der Waals surface area contributed by atoms with Crippen molar-refractivity contribution in [3.8, 4) is 0 Å². The smallest absolute Gasteiger partial charge is 0.251 e. The first kappa shape index (κ1) is 14.6. The molecule has 5 nitrogen and oxygen atoms in total. The van der Waals surface area contributed by atoms with E-state index >= 15 is 0 Å². The van der Waals surface area contributed by atoms with Gasteiger partial charge in [0.15, 0.2) is 6.29 Å². The van der Waals surface area contributed by atoms with Crippen molar-refractivity contribution in [3.05, 3.63) is 35.4 Å². The number of rotatable bonds is 6. The zero-order valence-electron chi connectivity index (χ0n) is 11.0.